The molecule has 3 aromatic rings. The molecule has 3 nitrogen and oxygen atoms in total. The number of rotatable bonds is 2. The van der Waals surface area contributed by atoms with Crippen molar-refractivity contribution in [2.24, 2.45) is 7.05 Å². The fraction of sp³-hybridized carbons (Fsp3) is 0.278. The SMILES string of the molecule is Cn1ccc2c(NC(=O)c3cc4c(s3)CCCC4)cccc21. The number of nitrogens with one attached hydrogen (secondary N) is 1. The van der Waals surface area contributed by atoms with Gasteiger partial charge in [-0.05, 0) is 55.5 Å². The molecule has 1 N–H and O–H groups in total. The number of carbonyl (C=O) groups is 1. The lowest BCUT2D eigenvalue weighted by Crippen LogP contribution is -2.10. The summed E-state index contributed by atoms with van der Waals surface area (Å²) in [5.74, 6) is 0.00996. The summed E-state index contributed by atoms with van der Waals surface area (Å²) in [5.41, 5.74) is 3.39. The first-order chi connectivity index (χ1) is 10.7. The van der Waals surface area contributed by atoms with Crippen LogP contribution in [0.4, 0.5) is 5.69 Å². The van der Waals surface area contributed by atoms with Gasteiger partial charge in [-0.2, -0.15) is 0 Å². The fourth-order valence-electron chi connectivity index (χ4n) is 3.20. The molecule has 0 saturated carbocycles. The maximum Gasteiger partial charge on any atom is 0.265 e. The number of carbonyl (C=O) groups excluding carboxylic acids is 1. The molecule has 0 saturated heterocycles. The van der Waals surface area contributed by atoms with E-state index in [-0.39, 0.29) is 5.91 Å². The van der Waals surface area contributed by atoms with Gasteiger partial charge >= 0.3 is 0 Å². The van der Waals surface area contributed by atoms with Gasteiger partial charge in [0.2, 0.25) is 0 Å². The molecule has 1 aliphatic rings. The van der Waals surface area contributed by atoms with E-state index in [1.54, 1.807) is 11.3 Å². The van der Waals surface area contributed by atoms with Gasteiger partial charge < -0.3 is 9.88 Å². The van der Waals surface area contributed by atoms with Gasteiger partial charge in [0.05, 0.1) is 10.6 Å². The number of amides is 1. The minimum absolute atomic E-state index is 0.00996. The topological polar surface area (TPSA) is 34.0 Å². The first-order valence-corrected chi connectivity index (χ1v) is 8.51. The molecule has 0 bridgehead atoms. The third-order valence-electron chi connectivity index (χ3n) is 4.40. The van der Waals surface area contributed by atoms with Gasteiger partial charge in [0.1, 0.15) is 0 Å². The maximum atomic E-state index is 12.6. The van der Waals surface area contributed by atoms with Crippen molar-refractivity contribution in [3.05, 3.63) is 51.8 Å². The fourth-order valence-corrected chi connectivity index (χ4v) is 4.35. The Hall–Kier alpha value is -2.07. The van der Waals surface area contributed by atoms with Crippen LogP contribution in [0.25, 0.3) is 10.9 Å². The normalized spacial score (nSPS) is 14.0. The molecule has 112 valence electrons. The largest absolute Gasteiger partial charge is 0.350 e. The number of nitrogens with zero attached hydrogens (tertiary/aromatic N) is 1. The molecule has 0 radical (unpaired) electrons. The van der Waals surface area contributed by atoms with E-state index in [0.29, 0.717) is 0 Å². The third kappa shape index (κ3) is 2.24. The second kappa shape index (κ2) is 5.29. The van der Waals surface area contributed by atoms with Gasteiger partial charge in [-0.1, -0.05) is 6.07 Å². The molecule has 1 aromatic carbocycles. The Morgan fingerprint density at radius 2 is 2.09 bits per heavy atom. The Balaban J connectivity index is 1.64. The summed E-state index contributed by atoms with van der Waals surface area (Å²) in [7, 11) is 2.02. The number of anilines is 1. The van der Waals surface area contributed by atoms with E-state index >= 15 is 0 Å². The molecule has 2 heterocycles. The summed E-state index contributed by atoms with van der Waals surface area (Å²) < 4.78 is 2.06. The van der Waals surface area contributed by atoms with E-state index in [1.165, 1.54) is 23.3 Å². The summed E-state index contributed by atoms with van der Waals surface area (Å²) in [5, 5.41) is 4.16. The summed E-state index contributed by atoms with van der Waals surface area (Å²) in [4.78, 5) is 14.8. The summed E-state index contributed by atoms with van der Waals surface area (Å²) in [6.07, 6.45) is 6.76. The van der Waals surface area contributed by atoms with E-state index in [1.807, 2.05) is 31.4 Å². The molecule has 4 rings (SSSR count). The molecular weight excluding hydrogens is 292 g/mol. The molecular formula is C18H18N2OS. The van der Waals surface area contributed by atoms with Crippen LogP contribution in [-0.4, -0.2) is 10.5 Å². The number of fused-ring (bicyclic) bond motifs is 2. The average Bonchev–Trinajstić information content (AvgIpc) is 3.12. The van der Waals surface area contributed by atoms with Gasteiger partial charge in [0.15, 0.2) is 0 Å². The van der Waals surface area contributed by atoms with Crippen LogP contribution in [0.3, 0.4) is 0 Å². The van der Waals surface area contributed by atoms with Crippen LogP contribution in [0.2, 0.25) is 0 Å². The van der Waals surface area contributed by atoms with Gasteiger partial charge in [0, 0.05) is 29.0 Å². The number of benzene rings is 1. The van der Waals surface area contributed by atoms with Gasteiger partial charge in [-0.15, -0.1) is 11.3 Å². The minimum atomic E-state index is 0.00996. The highest BCUT2D eigenvalue weighted by Gasteiger charge is 2.18. The van der Waals surface area contributed by atoms with Crippen molar-refractivity contribution in [1.82, 2.24) is 4.57 Å². The van der Waals surface area contributed by atoms with Crippen molar-refractivity contribution in [3.8, 4) is 0 Å². The standard InChI is InChI=1S/C18H18N2OS/c1-20-10-9-13-14(6-4-7-15(13)20)19-18(21)17-11-12-5-2-3-8-16(12)22-17/h4,6-7,9-11H,2-3,5,8H2,1H3,(H,19,21). The van der Waals surface area contributed by atoms with Crippen molar-refractivity contribution in [2.75, 3.05) is 5.32 Å². The number of hydrogen-bond acceptors (Lipinski definition) is 2. The monoisotopic (exact) mass is 310 g/mol. The average molecular weight is 310 g/mol. The van der Waals surface area contributed by atoms with Crippen molar-refractivity contribution >= 4 is 33.8 Å². The predicted molar refractivity (Wildman–Crippen MR) is 91.8 cm³/mol. The number of thiophene rings is 1. The van der Waals surface area contributed by atoms with E-state index in [2.05, 4.69) is 22.0 Å². The van der Waals surface area contributed by atoms with E-state index in [9.17, 15) is 4.79 Å². The van der Waals surface area contributed by atoms with Crippen molar-refractivity contribution in [1.29, 1.82) is 0 Å². The summed E-state index contributed by atoms with van der Waals surface area (Å²) in [6.45, 7) is 0. The lowest BCUT2D eigenvalue weighted by atomic mass is 9.99. The Labute approximate surface area is 133 Å². The zero-order valence-corrected chi connectivity index (χ0v) is 13.4. The molecule has 22 heavy (non-hydrogen) atoms. The second-order valence-electron chi connectivity index (χ2n) is 5.89. The second-order valence-corrected chi connectivity index (χ2v) is 7.02. The van der Waals surface area contributed by atoms with Crippen LogP contribution in [0, 0.1) is 0 Å². The highest BCUT2D eigenvalue weighted by molar-refractivity contribution is 7.14. The Morgan fingerprint density at radius 1 is 1.23 bits per heavy atom. The highest BCUT2D eigenvalue weighted by atomic mass is 32.1. The van der Waals surface area contributed by atoms with Crippen LogP contribution < -0.4 is 5.32 Å². The zero-order valence-electron chi connectivity index (χ0n) is 12.6. The van der Waals surface area contributed by atoms with Crippen LogP contribution in [-0.2, 0) is 19.9 Å². The van der Waals surface area contributed by atoms with Gasteiger partial charge in [-0.3, -0.25) is 4.79 Å². The maximum absolute atomic E-state index is 12.6. The molecule has 4 heteroatoms. The van der Waals surface area contributed by atoms with E-state index in [4.69, 9.17) is 0 Å². The first-order valence-electron chi connectivity index (χ1n) is 7.69. The van der Waals surface area contributed by atoms with Crippen LogP contribution >= 0.6 is 11.3 Å². The quantitative estimate of drug-likeness (QED) is 0.749. The number of aromatic nitrogens is 1. The van der Waals surface area contributed by atoms with Gasteiger partial charge in [0.25, 0.3) is 5.91 Å². The zero-order chi connectivity index (χ0) is 15.1. The van der Waals surface area contributed by atoms with Crippen LogP contribution in [0.1, 0.15) is 33.0 Å². The summed E-state index contributed by atoms with van der Waals surface area (Å²) in [6, 6.07) is 10.1. The number of aryl methyl sites for hydroxylation is 3. The minimum Gasteiger partial charge on any atom is -0.350 e. The molecule has 0 aliphatic heterocycles. The molecule has 0 spiro atoms. The summed E-state index contributed by atoms with van der Waals surface area (Å²) >= 11 is 1.66. The smallest absolute Gasteiger partial charge is 0.265 e. The Bertz CT molecular complexity index is 836. The van der Waals surface area contributed by atoms with E-state index < -0.39 is 0 Å². The van der Waals surface area contributed by atoms with Gasteiger partial charge in [-0.25, -0.2) is 0 Å². The Morgan fingerprint density at radius 3 is 2.95 bits per heavy atom. The van der Waals surface area contributed by atoms with Crippen molar-refractivity contribution in [3.63, 3.8) is 0 Å². The number of hydrogen-bond donors (Lipinski definition) is 1. The molecule has 0 unspecified atom stereocenters. The molecule has 1 amide bonds. The predicted octanol–water partition coefficient (Wildman–Crippen LogP) is 4.37. The third-order valence-corrected chi connectivity index (χ3v) is 5.63. The lowest BCUT2D eigenvalue weighted by Gasteiger charge is -2.08. The van der Waals surface area contributed by atoms with Crippen LogP contribution in [0.15, 0.2) is 36.5 Å². The molecule has 2 aromatic heterocycles. The van der Waals surface area contributed by atoms with Crippen LogP contribution in [0.5, 0.6) is 0 Å². The Kier molecular flexibility index (Phi) is 3.26. The molecule has 0 fully saturated rings. The lowest BCUT2D eigenvalue weighted by molar-refractivity contribution is 0.103. The first kappa shape index (κ1) is 13.6. The van der Waals surface area contributed by atoms with Crippen molar-refractivity contribution < 1.29 is 4.79 Å². The molecule has 1 aliphatic carbocycles. The highest BCUT2D eigenvalue weighted by Crippen LogP contribution is 2.31. The molecule has 0 atom stereocenters. The van der Waals surface area contributed by atoms with E-state index in [0.717, 1.165) is 34.3 Å². The van der Waals surface area contributed by atoms with Crippen molar-refractivity contribution in [2.45, 2.75) is 25.7 Å².